The number of carbonyl (C=O) groups is 2. The van der Waals surface area contributed by atoms with Gasteiger partial charge in [-0.1, -0.05) is 6.92 Å². The summed E-state index contributed by atoms with van der Waals surface area (Å²) in [5, 5.41) is 9.36. The van der Waals surface area contributed by atoms with Gasteiger partial charge in [-0.2, -0.15) is 0 Å². The van der Waals surface area contributed by atoms with Gasteiger partial charge in [-0.15, -0.1) is 12.4 Å². The average molecular weight is 442 g/mol. The summed E-state index contributed by atoms with van der Waals surface area (Å²) in [5.41, 5.74) is -0.366. The number of benzene rings is 1. The van der Waals surface area contributed by atoms with Gasteiger partial charge in [-0.3, -0.25) is 9.59 Å². The lowest BCUT2D eigenvalue weighted by Crippen LogP contribution is -2.45. The Labute approximate surface area is 178 Å². The summed E-state index contributed by atoms with van der Waals surface area (Å²) >= 11 is 0. The zero-order valence-corrected chi connectivity index (χ0v) is 17.6. The molecule has 3 heterocycles. The Hall–Kier alpha value is -2.49. The second-order valence-corrected chi connectivity index (χ2v) is 7.54. The number of pyridine rings is 1. The van der Waals surface area contributed by atoms with Crippen LogP contribution in [-0.4, -0.2) is 65.0 Å². The van der Waals surface area contributed by atoms with Gasteiger partial charge in [0, 0.05) is 44.8 Å². The maximum Gasteiger partial charge on any atom is 0.341 e. The minimum Gasteiger partial charge on any atom is -0.477 e. The van der Waals surface area contributed by atoms with E-state index in [2.05, 4.69) is 4.90 Å². The Morgan fingerprint density at radius 3 is 2.43 bits per heavy atom. The molecule has 30 heavy (non-hydrogen) atoms. The Kier molecular flexibility index (Phi) is 6.90. The Morgan fingerprint density at radius 1 is 1.23 bits per heavy atom. The van der Waals surface area contributed by atoms with Gasteiger partial charge in [0.1, 0.15) is 11.4 Å². The molecule has 1 aromatic heterocycles. The van der Waals surface area contributed by atoms with Crippen LogP contribution in [0.5, 0.6) is 0 Å². The minimum absolute atomic E-state index is 0. The number of carboxylic acid groups (broad SMARTS) is 1. The highest BCUT2D eigenvalue weighted by molar-refractivity contribution is 6.13. The van der Waals surface area contributed by atoms with Crippen molar-refractivity contribution in [2.75, 3.05) is 38.1 Å². The predicted molar refractivity (Wildman–Crippen MR) is 114 cm³/mol. The number of Topliss-reactive ketones (excluding diaryl/α,β-unsaturated/α-hetero) is 1. The number of ketones is 1. The molecule has 1 atom stereocenters. The Balaban J connectivity index is 0.00000160. The van der Waals surface area contributed by atoms with E-state index in [0.29, 0.717) is 25.0 Å². The number of hydrogen-bond donors (Lipinski definition) is 1. The van der Waals surface area contributed by atoms with Crippen molar-refractivity contribution >= 4 is 40.7 Å². The van der Waals surface area contributed by atoms with E-state index in [9.17, 15) is 19.5 Å². The van der Waals surface area contributed by atoms with Gasteiger partial charge in [0.2, 0.25) is 5.43 Å². The van der Waals surface area contributed by atoms with Crippen molar-refractivity contribution in [2.24, 2.45) is 0 Å². The van der Waals surface area contributed by atoms with Crippen molar-refractivity contribution in [2.45, 2.75) is 25.8 Å². The fraction of sp³-hybridized carbons (Fsp3) is 0.450. The zero-order valence-electron chi connectivity index (χ0n) is 16.8. The van der Waals surface area contributed by atoms with Gasteiger partial charge in [0.25, 0.3) is 0 Å². The molecule has 8 nitrogen and oxygen atoms in total. The van der Waals surface area contributed by atoms with Crippen molar-refractivity contribution in [3.05, 3.63) is 39.4 Å². The number of aromatic carboxylic acids is 1. The highest BCUT2D eigenvalue weighted by atomic mass is 35.5. The van der Waals surface area contributed by atoms with Gasteiger partial charge in [0.15, 0.2) is 5.78 Å². The lowest BCUT2D eigenvalue weighted by molar-refractivity contribution is 0.0694. The van der Waals surface area contributed by atoms with E-state index in [0.717, 1.165) is 19.2 Å². The molecule has 2 aliphatic rings. The third-order valence-corrected chi connectivity index (χ3v) is 5.86. The molecule has 2 aliphatic heterocycles. The topological polar surface area (TPSA) is 114 Å². The molecule has 2 aromatic rings. The van der Waals surface area contributed by atoms with Crippen LogP contribution in [0, 0.1) is 5.82 Å². The van der Waals surface area contributed by atoms with Gasteiger partial charge in [-0.25, -0.2) is 9.18 Å². The zero-order chi connectivity index (χ0) is 20.2. The lowest BCUT2D eigenvalue weighted by Gasteiger charge is -2.37. The van der Waals surface area contributed by atoms with E-state index in [1.807, 2.05) is 18.9 Å². The molecule has 1 unspecified atom stereocenters. The average Bonchev–Trinajstić information content (AvgIpc) is 2.66. The van der Waals surface area contributed by atoms with Gasteiger partial charge in [-0.05, 0) is 19.5 Å². The summed E-state index contributed by atoms with van der Waals surface area (Å²) in [5.74, 6) is -2.21. The Morgan fingerprint density at radius 2 is 1.87 bits per heavy atom. The number of piperazine rings is 1. The normalized spacial score (nSPS) is 18.7. The molecular formula is C20H25ClFN3O5. The molecule has 1 saturated heterocycles. The molecule has 0 amide bonds. The van der Waals surface area contributed by atoms with Crippen LogP contribution in [0.4, 0.5) is 10.1 Å². The van der Waals surface area contributed by atoms with Crippen LogP contribution in [0.2, 0.25) is 0 Å². The molecule has 1 fully saturated rings. The van der Waals surface area contributed by atoms with E-state index in [1.54, 1.807) is 4.57 Å². The monoisotopic (exact) mass is 441 g/mol. The summed E-state index contributed by atoms with van der Waals surface area (Å²) in [6.45, 7) is 4.54. The molecule has 1 aromatic carbocycles. The fourth-order valence-electron chi connectivity index (χ4n) is 4.28. The third-order valence-electron chi connectivity index (χ3n) is 5.86. The fourth-order valence-corrected chi connectivity index (χ4v) is 4.28. The summed E-state index contributed by atoms with van der Waals surface area (Å²) in [4.78, 5) is 41.2. The standard InChI is InChI=1S/C20H22FN3O4.ClH.H2O/c1-3-11-8-15(25)16-17-12(19(26)13(20(27)28)10-24(11)17)9-14(21)18(16)23-6-4-22(2)5-7-23;;/h9-11H,3-8H2,1-2H3,(H,27,28);1H;1H2. The molecule has 164 valence electrons. The highest BCUT2D eigenvalue weighted by Crippen LogP contribution is 2.39. The number of hydrogen-bond acceptors (Lipinski definition) is 5. The molecule has 3 N–H and O–H groups in total. The van der Waals surface area contributed by atoms with E-state index in [4.69, 9.17) is 0 Å². The number of rotatable bonds is 3. The minimum atomic E-state index is -1.35. The maximum absolute atomic E-state index is 15.2. The molecule has 0 aliphatic carbocycles. The van der Waals surface area contributed by atoms with Gasteiger partial charge in [0.05, 0.1) is 22.2 Å². The summed E-state index contributed by atoms with van der Waals surface area (Å²) in [6, 6.07) is 0.843. The van der Waals surface area contributed by atoms with Crippen molar-refractivity contribution < 1.29 is 24.6 Å². The third kappa shape index (κ3) is 3.57. The number of likely N-dealkylation sites (N-methyl/N-ethyl adjacent to an activating group) is 1. The SMILES string of the molecule is CCC1CC(=O)c2c(N3CCN(C)CC3)c(F)cc3c(=O)c(C(=O)O)cn1c23.Cl.O. The van der Waals surface area contributed by atoms with E-state index in [1.165, 1.54) is 6.20 Å². The summed E-state index contributed by atoms with van der Waals surface area (Å²) in [7, 11) is 1.99. The smallest absolute Gasteiger partial charge is 0.341 e. The first-order chi connectivity index (χ1) is 13.3. The molecule has 0 spiro atoms. The van der Waals surface area contributed by atoms with E-state index >= 15 is 4.39 Å². The first-order valence-electron chi connectivity index (χ1n) is 9.44. The lowest BCUT2D eigenvalue weighted by atomic mass is 9.91. The van der Waals surface area contributed by atoms with Crippen LogP contribution in [0.15, 0.2) is 17.1 Å². The summed E-state index contributed by atoms with van der Waals surface area (Å²) < 4.78 is 16.9. The van der Waals surface area contributed by atoms with Crippen molar-refractivity contribution in [3.8, 4) is 0 Å². The molecular weight excluding hydrogens is 417 g/mol. The number of nitrogens with zero attached hydrogens (tertiary/aromatic N) is 3. The van der Waals surface area contributed by atoms with Crippen LogP contribution in [-0.2, 0) is 0 Å². The van der Waals surface area contributed by atoms with Crippen LogP contribution in [0.1, 0.15) is 46.5 Å². The molecule has 10 heteroatoms. The van der Waals surface area contributed by atoms with Crippen molar-refractivity contribution in [1.29, 1.82) is 0 Å². The predicted octanol–water partition coefficient (Wildman–Crippen LogP) is 1.73. The molecule has 0 saturated carbocycles. The number of anilines is 1. The largest absolute Gasteiger partial charge is 0.477 e. The van der Waals surface area contributed by atoms with E-state index in [-0.39, 0.29) is 52.8 Å². The molecule has 4 rings (SSSR count). The number of halogens is 2. The van der Waals surface area contributed by atoms with Crippen molar-refractivity contribution in [1.82, 2.24) is 9.47 Å². The van der Waals surface area contributed by atoms with Crippen LogP contribution in [0.25, 0.3) is 10.9 Å². The van der Waals surface area contributed by atoms with E-state index < -0.39 is 22.8 Å². The first-order valence-corrected chi connectivity index (χ1v) is 9.44. The molecule has 0 bridgehead atoms. The van der Waals surface area contributed by atoms with Gasteiger partial charge >= 0.3 is 5.97 Å². The number of aromatic nitrogens is 1. The maximum atomic E-state index is 15.2. The van der Waals surface area contributed by atoms with Gasteiger partial charge < -0.3 is 24.9 Å². The highest BCUT2D eigenvalue weighted by Gasteiger charge is 2.34. The number of carbonyl (C=O) groups excluding carboxylic acids is 1. The van der Waals surface area contributed by atoms with Crippen molar-refractivity contribution in [3.63, 3.8) is 0 Å². The van der Waals surface area contributed by atoms with Crippen LogP contribution in [0.3, 0.4) is 0 Å². The first kappa shape index (κ1) is 23.8. The van der Waals surface area contributed by atoms with Crippen LogP contribution < -0.4 is 10.3 Å². The second kappa shape index (κ2) is 8.71. The molecule has 0 radical (unpaired) electrons. The second-order valence-electron chi connectivity index (χ2n) is 7.54. The Bertz CT molecular complexity index is 1060. The number of carboxylic acids is 1. The van der Waals surface area contributed by atoms with Crippen LogP contribution >= 0.6 is 12.4 Å². The summed E-state index contributed by atoms with van der Waals surface area (Å²) in [6.07, 6.45) is 2.07. The quantitative estimate of drug-likeness (QED) is 0.775.